The van der Waals surface area contributed by atoms with Crippen molar-refractivity contribution in [1.29, 1.82) is 0 Å². The number of hydrogen-bond acceptors (Lipinski definition) is 4. The van der Waals surface area contributed by atoms with Gasteiger partial charge in [-0.05, 0) is 17.7 Å². The molecule has 1 atom stereocenters. The second-order valence-corrected chi connectivity index (χ2v) is 6.00. The molecule has 1 spiro atoms. The van der Waals surface area contributed by atoms with Crippen molar-refractivity contribution in [2.24, 2.45) is 0 Å². The topological polar surface area (TPSA) is 56.8 Å². The van der Waals surface area contributed by atoms with E-state index in [0.717, 1.165) is 16.8 Å². The Morgan fingerprint density at radius 1 is 0.870 bits per heavy atom. The molecule has 23 heavy (non-hydrogen) atoms. The third-order valence-corrected chi connectivity index (χ3v) is 4.86. The Bertz CT molecular complexity index is 832. The van der Waals surface area contributed by atoms with E-state index in [0.29, 0.717) is 43.5 Å². The van der Waals surface area contributed by atoms with Crippen LogP contribution in [0.4, 0.5) is 5.69 Å². The van der Waals surface area contributed by atoms with Crippen molar-refractivity contribution in [3.8, 4) is 17.2 Å². The average molecular weight is 309 g/mol. The summed E-state index contributed by atoms with van der Waals surface area (Å²) in [4.78, 5) is 12.9. The monoisotopic (exact) mass is 309 g/mol. The van der Waals surface area contributed by atoms with E-state index in [1.165, 1.54) is 0 Å². The molecule has 3 aliphatic rings. The summed E-state index contributed by atoms with van der Waals surface area (Å²) in [7, 11) is 0. The SMILES string of the molecule is O=C1Nc2ccccc2C12CCOc1cc3c(cc12)OCCO3. The molecule has 5 nitrogen and oxygen atoms in total. The summed E-state index contributed by atoms with van der Waals surface area (Å²) in [6.07, 6.45) is 0.614. The quantitative estimate of drug-likeness (QED) is 0.812. The van der Waals surface area contributed by atoms with Gasteiger partial charge in [0.2, 0.25) is 5.91 Å². The van der Waals surface area contributed by atoms with Gasteiger partial charge in [-0.1, -0.05) is 18.2 Å². The van der Waals surface area contributed by atoms with Crippen molar-refractivity contribution in [3.63, 3.8) is 0 Å². The van der Waals surface area contributed by atoms with Crippen molar-refractivity contribution >= 4 is 11.6 Å². The van der Waals surface area contributed by atoms with Crippen LogP contribution in [-0.2, 0) is 10.2 Å². The Hall–Kier alpha value is -2.69. The third-order valence-electron chi connectivity index (χ3n) is 4.86. The number of anilines is 1. The molecule has 2 aromatic carbocycles. The summed E-state index contributed by atoms with van der Waals surface area (Å²) in [5, 5.41) is 3.01. The number of nitrogens with one attached hydrogen (secondary N) is 1. The fourth-order valence-electron chi connectivity index (χ4n) is 3.80. The Morgan fingerprint density at radius 2 is 1.61 bits per heavy atom. The molecule has 1 unspecified atom stereocenters. The highest BCUT2D eigenvalue weighted by molar-refractivity contribution is 6.09. The fraction of sp³-hybridized carbons (Fsp3) is 0.278. The van der Waals surface area contributed by atoms with Crippen LogP contribution in [0.1, 0.15) is 17.5 Å². The van der Waals surface area contributed by atoms with E-state index in [1.54, 1.807) is 0 Å². The van der Waals surface area contributed by atoms with Gasteiger partial charge >= 0.3 is 0 Å². The molecule has 3 heterocycles. The van der Waals surface area contributed by atoms with Crippen molar-refractivity contribution in [2.75, 3.05) is 25.1 Å². The lowest BCUT2D eigenvalue weighted by molar-refractivity contribution is -0.120. The van der Waals surface area contributed by atoms with Gasteiger partial charge in [-0.15, -0.1) is 0 Å². The van der Waals surface area contributed by atoms with Gasteiger partial charge in [-0.3, -0.25) is 4.79 Å². The normalized spacial score (nSPS) is 23.7. The van der Waals surface area contributed by atoms with Gasteiger partial charge in [0.05, 0.1) is 6.61 Å². The van der Waals surface area contributed by atoms with Gasteiger partial charge in [-0.2, -0.15) is 0 Å². The van der Waals surface area contributed by atoms with E-state index in [2.05, 4.69) is 5.32 Å². The van der Waals surface area contributed by atoms with Crippen LogP contribution in [0.3, 0.4) is 0 Å². The van der Waals surface area contributed by atoms with Crippen LogP contribution in [0.2, 0.25) is 0 Å². The van der Waals surface area contributed by atoms with Gasteiger partial charge < -0.3 is 19.5 Å². The third kappa shape index (κ3) is 1.59. The zero-order valence-corrected chi connectivity index (χ0v) is 12.4. The molecule has 0 bridgehead atoms. The smallest absolute Gasteiger partial charge is 0.239 e. The first-order valence-corrected chi connectivity index (χ1v) is 7.77. The number of hydrogen-bond donors (Lipinski definition) is 1. The molecule has 0 saturated heterocycles. The number of fused-ring (bicyclic) bond motifs is 5. The molecule has 2 aromatic rings. The summed E-state index contributed by atoms with van der Waals surface area (Å²) in [5.41, 5.74) is 2.03. The fourth-order valence-corrected chi connectivity index (χ4v) is 3.80. The highest BCUT2D eigenvalue weighted by Crippen LogP contribution is 2.52. The summed E-state index contributed by atoms with van der Waals surface area (Å²) in [6.45, 7) is 1.54. The van der Waals surface area contributed by atoms with Crippen molar-refractivity contribution < 1.29 is 19.0 Å². The van der Waals surface area contributed by atoms with Crippen molar-refractivity contribution in [3.05, 3.63) is 47.5 Å². The minimum atomic E-state index is -0.708. The molecule has 0 aliphatic carbocycles. The molecular formula is C18H15NO4. The first kappa shape index (κ1) is 12.8. The number of amides is 1. The van der Waals surface area contributed by atoms with Gasteiger partial charge in [0.25, 0.3) is 0 Å². The van der Waals surface area contributed by atoms with Crippen molar-refractivity contribution in [1.82, 2.24) is 0 Å². The minimum absolute atomic E-state index is 0.0000668. The number of benzene rings is 2. The van der Waals surface area contributed by atoms with E-state index < -0.39 is 5.41 Å². The summed E-state index contributed by atoms with van der Waals surface area (Å²) in [5.74, 6) is 2.06. The zero-order valence-electron chi connectivity index (χ0n) is 12.4. The van der Waals surface area contributed by atoms with Crippen LogP contribution >= 0.6 is 0 Å². The van der Waals surface area contributed by atoms with Crippen LogP contribution < -0.4 is 19.5 Å². The predicted molar refractivity (Wildman–Crippen MR) is 83.4 cm³/mol. The molecule has 0 radical (unpaired) electrons. The average Bonchev–Trinajstić information content (AvgIpc) is 2.87. The number of carbonyl (C=O) groups excluding carboxylic acids is 1. The van der Waals surface area contributed by atoms with Gasteiger partial charge in [0.15, 0.2) is 11.5 Å². The predicted octanol–water partition coefficient (Wildman–Crippen LogP) is 2.48. The molecule has 5 heteroatoms. The maximum Gasteiger partial charge on any atom is 0.239 e. The van der Waals surface area contributed by atoms with E-state index in [4.69, 9.17) is 14.2 Å². The molecule has 3 aliphatic heterocycles. The first-order valence-electron chi connectivity index (χ1n) is 7.77. The van der Waals surface area contributed by atoms with E-state index in [1.807, 2.05) is 36.4 Å². The molecule has 1 amide bonds. The Morgan fingerprint density at radius 3 is 2.48 bits per heavy atom. The summed E-state index contributed by atoms with van der Waals surface area (Å²) < 4.78 is 17.2. The Balaban J connectivity index is 1.77. The first-order chi connectivity index (χ1) is 11.3. The molecule has 116 valence electrons. The number of carbonyl (C=O) groups is 1. The maximum atomic E-state index is 12.9. The highest BCUT2D eigenvalue weighted by atomic mass is 16.6. The number of para-hydroxylation sites is 1. The molecule has 0 aromatic heterocycles. The highest BCUT2D eigenvalue weighted by Gasteiger charge is 2.51. The number of rotatable bonds is 0. The van der Waals surface area contributed by atoms with Crippen LogP contribution in [0.5, 0.6) is 17.2 Å². The minimum Gasteiger partial charge on any atom is -0.493 e. The van der Waals surface area contributed by atoms with Crippen LogP contribution in [0.25, 0.3) is 0 Å². The maximum absolute atomic E-state index is 12.9. The summed E-state index contributed by atoms with van der Waals surface area (Å²) >= 11 is 0. The van der Waals surface area contributed by atoms with E-state index in [9.17, 15) is 4.79 Å². The van der Waals surface area contributed by atoms with E-state index >= 15 is 0 Å². The molecule has 1 N–H and O–H groups in total. The van der Waals surface area contributed by atoms with E-state index in [-0.39, 0.29) is 5.91 Å². The molecule has 0 fully saturated rings. The van der Waals surface area contributed by atoms with Crippen molar-refractivity contribution in [2.45, 2.75) is 11.8 Å². The summed E-state index contributed by atoms with van der Waals surface area (Å²) in [6, 6.07) is 11.6. The van der Waals surface area contributed by atoms with Crippen LogP contribution in [0.15, 0.2) is 36.4 Å². The molecule has 0 saturated carbocycles. The number of ether oxygens (including phenoxy) is 3. The van der Waals surface area contributed by atoms with Crippen LogP contribution in [0, 0.1) is 0 Å². The lowest BCUT2D eigenvalue weighted by atomic mass is 9.71. The lowest BCUT2D eigenvalue weighted by Gasteiger charge is -2.35. The second kappa shape index (κ2) is 4.41. The Kier molecular flexibility index (Phi) is 2.46. The molecule has 5 rings (SSSR count). The zero-order chi connectivity index (χ0) is 15.4. The second-order valence-electron chi connectivity index (χ2n) is 6.00. The van der Waals surface area contributed by atoms with Gasteiger partial charge in [-0.25, -0.2) is 0 Å². The largest absolute Gasteiger partial charge is 0.493 e. The van der Waals surface area contributed by atoms with Gasteiger partial charge in [0, 0.05) is 23.7 Å². The molecular weight excluding hydrogens is 294 g/mol. The van der Waals surface area contributed by atoms with Gasteiger partial charge in [0.1, 0.15) is 24.4 Å². The standard InChI is InChI=1S/C18H15NO4/c20-17-18(11-3-1-2-4-13(11)19-17)5-6-21-14-10-16-15(9-12(14)18)22-7-8-23-16/h1-4,9-10H,5-8H2,(H,19,20). The van der Waals surface area contributed by atoms with Crippen LogP contribution in [-0.4, -0.2) is 25.7 Å². The Labute approximate surface area is 133 Å². The lowest BCUT2D eigenvalue weighted by Crippen LogP contribution is -2.40.